The van der Waals surface area contributed by atoms with Crippen LogP contribution in [0.15, 0.2) is 84.0 Å². The summed E-state index contributed by atoms with van der Waals surface area (Å²) in [5.41, 5.74) is 3.09. The first-order valence-corrected chi connectivity index (χ1v) is 12.7. The van der Waals surface area contributed by atoms with E-state index >= 15 is 0 Å². The average molecular weight is 473 g/mol. The Balaban J connectivity index is 1.48. The lowest BCUT2D eigenvalue weighted by atomic mass is 10.0. The molecule has 3 heterocycles. The summed E-state index contributed by atoms with van der Waals surface area (Å²) in [5.74, 6) is -0.332. The van der Waals surface area contributed by atoms with Crippen LogP contribution in [0.1, 0.15) is 29.6 Å². The topological polar surface area (TPSA) is 92.3 Å². The summed E-state index contributed by atoms with van der Waals surface area (Å²) < 4.78 is 27.7. The number of carbonyl (C=O) groups is 1. The number of benzene rings is 2. The summed E-state index contributed by atoms with van der Waals surface area (Å²) >= 11 is 0. The lowest BCUT2D eigenvalue weighted by molar-refractivity contribution is 0.102. The third-order valence-corrected chi connectivity index (χ3v) is 7.88. The Kier molecular flexibility index (Phi) is 6.08. The van der Waals surface area contributed by atoms with Gasteiger partial charge < -0.3 is 5.32 Å². The fourth-order valence-corrected chi connectivity index (χ4v) is 5.78. The first-order chi connectivity index (χ1) is 16.5. The number of rotatable bonds is 5. The molecule has 7 nitrogen and oxygen atoms in total. The zero-order chi connectivity index (χ0) is 23.5. The van der Waals surface area contributed by atoms with Gasteiger partial charge in [0.1, 0.15) is 0 Å². The van der Waals surface area contributed by atoms with Gasteiger partial charge in [0, 0.05) is 42.1 Å². The predicted octanol–water partition coefficient (Wildman–Crippen LogP) is 4.72. The summed E-state index contributed by atoms with van der Waals surface area (Å²) in [6, 6.07) is 19.3. The van der Waals surface area contributed by atoms with Crippen LogP contribution in [0.3, 0.4) is 0 Å². The lowest BCUT2D eigenvalue weighted by Crippen LogP contribution is -2.35. The Morgan fingerprint density at radius 3 is 2.44 bits per heavy atom. The molecule has 0 saturated carbocycles. The maximum absolute atomic E-state index is 13.4. The highest BCUT2D eigenvalue weighted by Crippen LogP contribution is 2.27. The molecule has 1 saturated heterocycles. The minimum absolute atomic E-state index is 0.185. The minimum Gasteiger partial charge on any atom is -0.322 e. The molecular formula is C26H24N4O3S. The third-order valence-electron chi connectivity index (χ3n) is 5.98. The number of amides is 1. The second-order valence-corrected chi connectivity index (χ2v) is 10.2. The Morgan fingerprint density at radius 1 is 0.882 bits per heavy atom. The highest BCUT2D eigenvalue weighted by atomic mass is 32.2. The zero-order valence-corrected chi connectivity index (χ0v) is 19.3. The van der Waals surface area contributed by atoms with E-state index in [4.69, 9.17) is 4.98 Å². The first-order valence-electron chi connectivity index (χ1n) is 11.2. The van der Waals surface area contributed by atoms with Crippen molar-refractivity contribution in [1.82, 2.24) is 14.3 Å². The van der Waals surface area contributed by atoms with Gasteiger partial charge >= 0.3 is 0 Å². The second-order valence-electron chi connectivity index (χ2n) is 8.25. The van der Waals surface area contributed by atoms with Crippen LogP contribution in [0.2, 0.25) is 0 Å². The Hall–Kier alpha value is -3.62. The molecule has 1 amide bonds. The Bertz CT molecular complexity index is 1450. The van der Waals surface area contributed by atoms with Crippen LogP contribution < -0.4 is 5.32 Å². The summed E-state index contributed by atoms with van der Waals surface area (Å²) in [7, 11) is -3.60. The molecule has 0 spiro atoms. The fraction of sp³-hybridized carbons (Fsp3) is 0.192. The van der Waals surface area contributed by atoms with Gasteiger partial charge in [-0.15, -0.1) is 0 Å². The zero-order valence-electron chi connectivity index (χ0n) is 18.5. The van der Waals surface area contributed by atoms with Gasteiger partial charge in [-0.25, -0.2) is 13.4 Å². The van der Waals surface area contributed by atoms with Gasteiger partial charge in [0.05, 0.1) is 21.7 Å². The largest absolute Gasteiger partial charge is 0.322 e. The van der Waals surface area contributed by atoms with E-state index in [1.807, 2.05) is 36.4 Å². The number of anilines is 1. The molecule has 0 radical (unpaired) electrons. The van der Waals surface area contributed by atoms with Gasteiger partial charge in [-0.05, 0) is 55.3 Å². The predicted molar refractivity (Wildman–Crippen MR) is 132 cm³/mol. The maximum Gasteiger partial charge on any atom is 0.256 e. The van der Waals surface area contributed by atoms with Crippen molar-refractivity contribution in [2.24, 2.45) is 0 Å². The number of aromatic nitrogens is 2. The third kappa shape index (κ3) is 4.42. The highest BCUT2D eigenvalue weighted by Gasteiger charge is 2.26. The lowest BCUT2D eigenvalue weighted by Gasteiger charge is -2.26. The second kappa shape index (κ2) is 9.32. The molecule has 8 heteroatoms. The van der Waals surface area contributed by atoms with Gasteiger partial charge in [-0.3, -0.25) is 9.78 Å². The Labute approximate surface area is 198 Å². The van der Waals surface area contributed by atoms with Crippen LogP contribution in [-0.2, 0) is 10.0 Å². The van der Waals surface area contributed by atoms with Crippen molar-refractivity contribution in [1.29, 1.82) is 0 Å². The number of hydrogen-bond acceptors (Lipinski definition) is 5. The van der Waals surface area contributed by atoms with Gasteiger partial charge in [0.15, 0.2) is 0 Å². The minimum atomic E-state index is -3.60. The van der Waals surface area contributed by atoms with Crippen LogP contribution in [0.4, 0.5) is 5.69 Å². The number of nitrogens with one attached hydrogen (secondary N) is 1. The van der Waals surface area contributed by atoms with E-state index in [-0.39, 0.29) is 10.8 Å². The van der Waals surface area contributed by atoms with Crippen LogP contribution in [0.25, 0.3) is 22.2 Å². The molecule has 172 valence electrons. The standard InChI is InChI=1S/C26H24N4O3S/c31-26(28-20-7-6-8-21(17-20)34(32,33)30-15-4-1-5-16-30)23-18-25(19-11-13-27-14-12-19)29-24-10-3-2-9-22(23)24/h2-3,6-14,17-18H,1,4-5,15-16H2,(H,28,31). The molecule has 1 fully saturated rings. The van der Waals surface area contributed by atoms with E-state index in [9.17, 15) is 13.2 Å². The molecule has 0 unspecified atom stereocenters. The summed E-state index contributed by atoms with van der Waals surface area (Å²) in [5, 5.41) is 3.60. The van der Waals surface area contributed by atoms with Crippen molar-refractivity contribution in [3.8, 4) is 11.3 Å². The van der Waals surface area contributed by atoms with Crippen molar-refractivity contribution in [3.05, 3.63) is 84.7 Å². The average Bonchev–Trinajstić information content (AvgIpc) is 2.89. The highest BCUT2D eigenvalue weighted by molar-refractivity contribution is 7.89. The molecule has 1 aliphatic rings. The summed E-state index contributed by atoms with van der Waals surface area (Å²) in [4.78, 5) is 22.3. The van der Waals surface area contributed by atoms with Crippen molar-refractivity contribution < 1.29 is 13.2 Å². The van der Waals surface area contributed by atoms with Gasteiger partial charge in [0.2, 0.25) is 10.0 Å². The van der Waals surface area contributed by atoms with E-state index in [0.29, 0.717) is 35.6 Å². The van der Waals surface area contributed by atoms with Crippen molar-refractivity contribution in [2.45, 2.75) is 24.2 Å². The molecule has 0 bridgehead atoms. The number of para-hydroxylation sites is 1. The van der Waals surface area contributed by atoms with E-state index < -0.39 is 10.0 Å². The molecule has 2 aromatic heterocycles. The normalized spacial score (nSPS) is 14.7. The number of nitrogens with zero attached hydrogens (tertiary/aromatic N) is 3. The van der Waals surface area contributed by atoms with E-state index in [0.717, 1.165) is 30.2 Å². The Morgan fingerprint density at radius 2 is 1.65 bits per heavy atom. The van der Waals surface area contributed by atoms with E-state index in [1.54, 1.807) is 36.7 Å². The molecular weight excluding hydrogens is 448 g/mol. The molecule has 4 aromatic rings. The molecule has 0 aliphatic carbocycles. The molecule has 2 aromatic carbocycles. The van der Waals surface area contributed by atoms with Gasteiger partial charge in [-0.1, -0.05) is 30.7 Å². The quantitative estimate of drug-likeness (QED) is 0.454. The van der Waals surface area contributed by atoms with Crippen LogP contribution >= 0.6 is 0 Å². The van der Waals surface area contributed by atoms with Crippen LogP contribution in [-0.4, -0.2) is 41.7 Å². The number of carbonyl (C=O) groups excluding carboxylic acids is 1. The number of hydrogen-bond donors (Lipinski definition) is 1. The molecule has 34 heavy (non-hydrogen) atoms. The first kappa shape index (κ1) is 22.2. The molecule has 1 N–H and O–H groups in total. The number of fused-ring (bicyclic) bond motifs is 1. The monoisotopic (exact) mass is 472 g/mol. The summed E-state index contributed by atoms with van der Waals surface area (Å²) in [6.07, 6.45) is 6.14. The summed E-state index contributed by atoms with van der Waals surface area (Å²) in [6.45, 7) is 1.05. The fourth-order valence-electron chi connectivity index (χ4n) is 4.22. The van der Waals surface area contributed by atoms with Gasteiger partial charge in [-0.2, -0.15) is 4.31 Å². The van der Waals surface area contributed by atoms with Crippen LogP contribution in [0.5, 0.6) is 0 Å². The number of piperidine rings is 1. The van der Waals surface area contributed by atoms with Crippen molar-refractivity contribution >= 4 is 32.5 Å². The number of pyridine rings is 2. The number of sulfonamides is 1. The maximum atomic E-state index is 13.4. The smallest absolute Gasteiger partial charge is 0.256 e. The molecule has 1 aliphatic heterocycles. The molecule has 0 atom stereocenters. The SMILES string of the molecule is O=C(Nc1cccc(S(=O)(=O)N2CCCCC2)c1)c1cc(-c2ccncc2)nc2ccccc12. The van der Waals surface area contributed by atoms with Crippen molar-refractivity contribution in [2.75, 3.05) is 18.4 Å². The van der Waals surface area contributed by atoms with Crippen molar-refractivity contribution in [3.63, 3.8) is 0 Å². The van der Waals surface area contributed by atoms with Gasteiger partial charge in [0.25, 0.3) is 5.91 Å². The van der Waals surface area contributed by atoms with E-state index in [1.165, 1.54) is 10.4 Å². The molecule has 5 rings (SSSR count). The van der Waals surface area contributed by atoms with Crippen LogP contribution in [0, 0.1) is 0 Å². The van der Waals surface area contributed by atoms with E-state index in [2.05, 4.69) is 10.3 Å².